The summed E-state index contributed by atoms with van der Waals surface area (Å²) in [5, 5.41) is 11.3. The molecule has 0 saturated heterocycles. The minimum absolute atomic E-state index is 0.370. The van der Waals surface area contributed by atoms with E-state index < -0.39 is 0 Å². The number of methoxy groups -OCH3 is 1. The molecule has 0 aromatic heterocycles. The molecule has 0 saturated carbocycles. The van der Waals surface area contributed by atoms with Crippen LogP contribution in [0.4, 0.5) is 0 Å². The number of benzene rings is 5. The van der Waals surface area contributed by atoms with Gasteiger partial charge in [-0.05, 0) is 55.4 Å². The summed E-state index contributed by atoms with van der Waals surface area (Å²) < 4.78 is 5.56. The van der Waals surface area contributed by atoms with Crippen LogP contribution in [0.25, 0.3) is 43.1 Å². The molecule has 0 radical (unpaired) electrons. The van der Waals surface area contributed by atoms with Gasteiger partial charge in [-0.1, -0.05) is 78.9 Å². The minimum atomic E-state index is 0.370. The first kappa shape index (κ1) is 17.5. The van der Waals surface area contributed by atoms with Gasteiger partial charge in [-0.15, -0.1) is 11.8 Å². The topological polar surface area (TPSA) is 9.23 Å². The number of rotatable bonds is 1. The van der Waals surface area contributed by atoms with Crippen LogP contribution in [-0.4, -0.2) is 12.4 Å². The largest absolute Gasteiger partial charge is 0.497 e. The Labute approximate surface area is 185 Å². The molecule has 2 unspecified atom stereocenters. The molecule has 1 heterocycles. The van der Waals surface area contributed by atoms with E-state index in [-0.39, 0.29) is 0 Å². The van der Waals surface area contributed by atoms with E-state index in [1.165, 1.54) is 53.5 Å². The van der Waals surface area contributed by atoms with E-state index in [4.69, 9.17) is 4.74 Å². The average Bonchev–Trinajstić information content (AvgIpc) is 3.22. The quantitative estimate of drug-likeness (QED) is 0.256. The standard InChI is InChI=1S/C29H20OS/c1-30-17-14-15-24-25(16-17)31-29-27(24)23-13-7-6-12-22(23)26-20-10-4-2-8-18(20)19-9-3-5-11-21(19)28(26)29/h2-16,24-25H,1H3. The second-order valence-electron chi connectivity index (χ2n) is 8.37. The number of thioether (sulfide) groups is 1. The second-order valence-corrected chi connectivity index (χ2v) is 9.56. The van der Waals surface area contributed by atoms with Crippen LogP contribution in [0.1, 0.15) is 11.5 Å². The van der Waals surface area contributed by atoms with Crippen LogP contribution in [-0.2, 0) is 4.74 Å². The summed E-state index contributed by atoms with van der Waals surface area (Å²) in [5.41, 5.74) is 1.47. The van der Waals surface area contributed by atoms with Gasteiger partial charge in [0.15, 0.2) is 0 Å². The maximum atomic E-state index is 5.56. The molecule has 5 aromatic rings. The number of hydrogen-bond acceptors (Lipinski definition) is 2. The lowest BCUT2D eigenvalue weighted by atomic mass is 9.83. The Morgan fingerprint density at radius 3 is 1.87 bits per heavy atom. The van der Waals surface area contributed by atoms with Gasteiger partial charge >= 0.3 is 0 Å². The molecule has 0 fully saturated rings. The van der Waals surface area contributed by atoms with Gasteiger partial charge in [-0.25, -0.2) is 0 Å². The molecule has 7 rings (SSSR count). The predicted octanol–water partition coefficient (Wildman–Crippen LogP) is 7.96. The van der Waals surface area contributed by atoms with Crippen LogP contribution < -0.4 is 0 Å². The number of fused-ring (bicyclic) bond motifs is 13. The summed E-state index contributed by atoms with van der Waals surface area (Å²) in [4.78, 5) is 1.43. The van der Waals surface area contributed by atoms with Gasteiger partial charge in [-0.3, -0.25) is 0 Å². The van der Waals surface area contributed by atoms with E-state index in [1.807, 2.05) is 11.8 Å². The van der Waals surface area contributed by atoms with Gasteiger partial charge in [0, 0.05) is 21.4 Å². The number of hydrogen-bond donors (Lipinski definition) is 0. The van der Waals surface area contributed by atoms with E-state index >= 15 is 0 Å². The van der Waals surface area contributed by atoms with Crippen molar-refractivity contribution in [3.63, 3.8) is 0 Å². The van der Waals surface area contributed by atoms with E-state index in [2.05, 4.69) is 91.0 Å². The molecule has 1 aliphatic heterocycles. The van der Waals surface area contributed by atoms with Crippen LogP contribution in [0.2, 0.25) is 0 Å². The highest BCUT2D eigenvalue weighted by Gasteiger charge is 2.36. The molecular formula is C29H20OS. The summed E-state index contributed by atoms with van der Waals surface area (Å²) in [7, 11) is 1.76. The van der Waals surface area contributed by atoms with Crippen LogP contribution in [0.3, 0.4) is 0 Å². The van der Waals surface area contributed by atoms with Gasteiger partial charge in [0.05, 0.1) is 7.11 Å². The summed E-state index contributed by atoms with van der Waals surface area (Å²) >= 11 is 2.00. The smallest absolute Gasteiger partial charge is 0.115 e. The lowest BCUT2D eigenvalue weighted by Crippen LogP contribution is -2.10. The zero-order chi connectivity index (χ0) is 20.5. The molecule has 0 amide bonds. The van der Waals surface area contributed by atoms with E-state index in [1.54, 1.807) is 7.11 Å². The summed E-state index contributed by atoms with van der Waals surface area (Å²) in [5.74, 6) is 1.34. The number of allylic oxidation sites excluding steroid dienone is 2. The highest BCUT2D eigenvalue weighted by molar-refractivity contribution is 8.00. The molecule has 2 heteroatoms. The van der Waals surface area contributed by atoms with Crippen molar-refractivity contribution in [2.75, 3.05) is 7.11 Å². The van der Waals surface area contributed by atoms with Crippen molar-refractivity contribution in [1.29, 1.82) is 0 Å². The fourth-order valence-electron chi connectivity index (χ4n) is 5.57. The lowest BCUT2D eigenvalue weighted by molar-refractivity contribution is 0.303. The van der Waals surface area contributed by atoms with Crippen molar-refractivity contribution in [2.24, 2.45) is 0 Å². The monoisotopic (exact) mass is 416 g/mol. The first-order valence-corrected chi connectivity index (χ1v) is 11.6. The Hall–Kier alpha value is -3.23. The maximum absolute atomic E-state index is 5.56. The first-order valence-electron chi connectivity index (χ1n) is 10.7. The predicted molar refractivity (Wildman–Crippen MR) is 133 cm³/mol. The summed E-state index contributed by atoms with van der Waals surface area (Å²) in [6.45, 7) is 0. The van der Waals surface area contributed by atoms with Crippen molar-refractivity contribution in [3.05, 3.63) is 102 Å². The summed E-state index contributed by atoms with van der Waals surface area (Å²) in [6, 6.07) is 26.8. The molecule has 0 bridgehead atoms. The van der Waals surface area contributed by atoms with E-state index in [0.717, 1.165) is 5.76 Å². The van der Waals surface area contributed by atoms with Crippen molar-refractivity contribution < 1.29 is 4.74 Å². The zero-order valence-corrected chi connectivity index (χ0v) is 17.9. The maximum Gasteiger partial charge on any atom is 0.115 e. The normalized spacial score (nSPS) is 19.7. The van der Waals surface area contributed by atoms with Crippen molar-refractivity contribution in [2.45, 2.75) is 16.1 Å². The summed E-state index contributed by atoms with van der Waals surface area (Å²) in [6.07, 6.45) is 6.76. The molecule has 0 N–H and O–H groups in total. The van der Waals surface area contributed by atoms with Crippen molar-refractivity contribution in [1.82, 2.24) is 0 Å². The number of ether oxygens (including phenoxy) is 1. The Bertz CT molecular complexity index is 1610. The highest BCUT2D eigenvalue weighted by atomic mass is 32.2. The molecule has 2 atom stereocenters. The Morgan fingerprint density at radius 1 is 0.677 bits per heavy atom. The van der Waals surface area contributed by atoms with Gasteiger partial charge in [0.25, 0.3) is 0 Å². The first-order chi connectivity index (χ1) is 15.3. The third-order valence-corrected chi connectivity index (χ3v) is 8.23. The fourth-order valence-corrected chi connectivity index (χ4v) is 7.12. The Balaban J connectivity index is 1.75. The van der Waals surface area contributed by atoms with Gasteiger partial charge in [0.2, 0.25) is 0 Å². The molecular weight excluding hydrogens is 396 g/mol. The molecule has 2 aliphatic rings. The zero-order valence-electron chi connectivity index (χ0n) is 17.1. The van der Waals surface area contributed by atoms with Gasteiger partial charge in [-0.2, -0.15) is 0 Å². The Kier molecular flexibility index (Phi) is 3.59. The van der Waals surface area contributed by atoms with Gasteiger partial charge in [0.1, 0.15) is 5.76 Å². The van der Waals surface area contributed by atoms with Crippen LogP contribution >= 0.6 is 11.8 Å². The third-order valence-electron chi connectivity index (χ3n) is 6.86. The SMILES string of the molecule is COC1=CC2Sc3c(c4ccccc4c4c5ccccc5c5ccccc5c34)C2C=C1. The van der Waals surface area contributed by atoms with Crippen LogP contribution in [0.5, 0.6) is 0 Å². The van der Waals surface area contributed by atoms with Gasteiger partial charge < -0.3 is 4.74 Å². The van der Waals surface area contributed by atoms with Crippen LogP contribution in [0, 0.1) is 0 Å². The van der Waals surface area contributed by atoms with E-state index in [9.17, 15) is 0 Å². The molecule has 31 heavy (non-hydrogen) atoms. The van der Waals surface area contributed by atoms with Crippen molar-refractivity contribution in [3.8, 4) is 0 Å². The third kappa shape index (κ3) is 2.29. The molecule has 0 spiro atoms. The molecule has 1 nitrogen and oxygen atoms in total. The molecule has 5 aromatic carbocycles. The molecule has 1 aliphatic carbocycles. The Morgan fingerprint density at radius 2 is 1.23 bits per heavy atom. The second kappa shape index (κ2) is 6.38. The van der Waals surface area contributed by atoms with Crippen molar-refractivity contribution >= 4 is 54.9 Å². The van der Waals surface area contributed by atoms with Crippen LogP contribution in [0.15, 0.2) is 102 Å². The minimum Gasteiger partial charge on any atom is -0.497 e. The average molecular weight is 417 g/mol. The lowest BCUT2D eigenvalue weighted by Gasteiger charge is -2.20. The van der Waals surface area contributed by atoms with E-state index in [0.29, 0.717) is 11.2 Å². The highest BCUT2D eigenvalue weighted by Crippen LogP contribution is 2.56. The molecule has 148 valence electrons. The fraction of sp³-hybridized carbons (Fsp3) is 0.103.